The zero-order valence-electron chi connectivity index (χ0n) is 9.19. The van der Waals surface area contributed by atoms with E-state index in [9.17, 15) is 0 Å². The second-order valence-electron chi connectivity index (χ2n) is 4.10. The molecule has 0 spiro atoms. The van der Waals surface area contributed by atoms with Gasteiger partial charge in [-0.15, -0.1) is 11.3 Å². The number of hydrogen-bond donors (Lipinski definition) is 1. The molecule has 88 valence electrons. The second kappa shape index (κ2) is 4.63. The van der Waals surface area contributed by atoms with E-state index in [2.05, 4.69) is 26.7 Å². The van der Waals surface area contributed by atoms with Crippen molar-refractivity contribution in [2.45, 2.75) is 25.3 Å². The Labute approximate surface area is 109 Å². The average molecular weight is 266 g/mol. The molecular weight excluding hydrogens is 254 g/mol. The van der Waals surface area contributed by atoms with E-state index in [1.807, 2.05) is 17.4 Å². The molecule has 0 saturated heterocycles. The number of hydrogen-bond acceptors (Lipinski definition) is 4. The smallest absolute Gasteiger partial charge is 0.224 e. The molecule has 1 N–H and O–H groups in total. The predicted octanol–water partition coefficient (Wildman–Crippen LogP) is 3.68. The molecule has 1 aliphatic rings. The monoisotopic (exact) mass is 265 g/mol. The highest BCUT2D eigenvalue weighted by Crippen LogP contribution is 2.35. The minimum atomic E-state index is 0.288. The number of nitrogens with zero attached hydrogens (tertiary/aromatic N) is 2. The molecule has 1 atom stereocenters. The first-order valence-corrected chi connectivity index (χ1v) is 6.90. The van der Waals surface area contributed by atoms with E-state index < -0.39 is 0 Å². The van der Waals surface area contributed by atoms with E-state index in [0.717, 1.165) is 12.2 Å². The molecule has 0 aliphatic heterocycles. The molecule has 0 bridgehead atoms. The third-order valence-corrected chi connectivity index (χ3v) is 4.18. The number of rotatable bonds is 2. The summed E-state index contributed by atoms with van der Waals surface area (Å²) in [6, 6.07) is 4.42. The molecule has 1 unspecified atom stereocenters. The summed E-state index contributed by atoms with van der Waals surface area (Å²) in [6.07, 6.45) is 5.25. The van der Waals surface area contributed by atoms with Gasteiger partial charge in [0, 0.05) is 11.1 Å². The Hall–Kier alpha value is -1.13. The largest absolute Gasteiger partial charge is 0.363 e. The fourth-order valence-corrected chi connectivity index (χ4v) is 3.37. The van der Waals surface area contributed by atoms with E-state index in [-0.39, 0.29) is 5.28 Å². The van der Waals surface area contributed by atoms with Crippen molar-refractivity contribution in [3.05, 3.63) is 39.4 Å². The van der Waals surface area contributed by atoms with Gasteiger partial charge in [0.25, 0.3) is 0 Å². The maximum Gasteiger partial charge on any atom is 0.224 e. The van der Waals surface area contributed by atoms with E-state index in [1.165, 1.54) is 23.3 Å². The van der Waals surface area contributed by atoms with Crippen LogP contribution in [0.5, 0.6) is 0 Å². The summed E-state index contributed by atoms with van der Waals surface area (Å²) in [5.41, 5.74) is 1.41. The standard InChI is InChI=1S/C12H12ClN3S/c13-12-14-6-4-11(16-12)15-9-2-1-3-10-8(9)5-7-17-10/h4-7,9H,1-3H2,(H,14,15,16). The minimum Gasteiger partial charge on any atom is -0.363 e. The molecule has 0 radical (unpaired) electrons. The first-order valence-electron chi connectivity index (χ1n) is 5.64. The van der Waals surface area contributed by atoms with Crippen LogP contribution in [0.4, 0.5) is 5.82 Å². The van der Waals surface area contributed by atoms with Gasteiger partial charge in [-0.25, -0.2) is 9.97 Å². The number of aromatic nitrogens is 2. The lowest BCUT2D eigenvalue weighted by atomic mass is 9.94. The Morgan fingerprint density at radius 3 is 3.24 bits per heavy atom. The van der Waals surface area contributed by atoms with Gasteiger partial charge in [0.05, 0.1) is 6.04 Å². The van der Waals surface area contributed by atoms with E-state index in [1.54, 1.807) is 6.20 Å². The van der Waals surface area contributed by atoms with Crippen LogP contribution in [0.25, 0.3) is 0 Å². The fraction of sp³-hybridized carbons (Fsp3) is 0.333. The van der Waals surface area contributed by atoms with Crippen LogP contribution in [0, 0.1) is 0 Å². The van der Waals surface area contributed by atoms with Crippen molar-refractivity contribution in [1.29, 1.82) is 0 Å². The molecule has 0 aromatic carbocycles. The van der Waals surface area contributed by atoms with Crippen molar-refractivity contribution >= 4 is 28.8 Å². The van der Waals surface area contributed by atoms with Crippen LogP contribution < -0.4 is 5.32 Å². The van der Waals surface area contributed by atoms with Crippen LogP contribution in [0.2, 0.25) is 5.28 Å². The van der Waals surface area contributed by atoms with Gasteiger partial charge in [-0.3, -0.25) is 0 Å². The van der Waals surface area contributed by atoms with Crippen molar-refractivity contribution < 1.29 is 0 Å². The van der Waals surface area contributed by atoms with Gasteiger partial charge in [-0.2, -0.15) is 0 Å². The van der Waals surface area contributed by atoms with Crippen LogP contribution in [0.3, 0.4) is 0 Å². The van der Waals surface area contributed by atoms with Crippen molar-refractivity contribution in [3.63, 3.8) is 0 Å². The number of fused-ring (bicyclic) bond motifs is 1. The SMILES string of the molecule is Clc1nccc(NC2CCCc3sccc32)n1. The lowest BCUT2D eigenvalue weighted by Crippen LogP contribution is -2.16. The third-order valence-electron chi connectivity index (χ3n) is 3.00. The average Bonchev–Trinajstić information content (AvgIpc) is 2.78. The highest BCUT2D eigenvalue weighted by atomic mass is 35.5. The Bertz CT molecular complexity index is 526. The van der Waals surface area contributed by atoms with Crippen molar-refractivity contribution in [2.24, 2.45) is 0 Å². The summed E-state index contributed by atoms with van der Waals surface area (Å²) in [4.78, 5) is 9.55. The Kier molecular flexibility index (Phi) is 2.99. The lowest BCUT2D eigenvalue weighted by Gasteiger charge is -2.24. The molecule has 1 aliphatic carbocycles. The quantitative estimate of drug-likeness (QED) is 0.842. The predicted molar refractivity (Wildman–Crippen MR) is 70.7 cm³/mol. The summed E-state index contributed by atoms with van der Waals surface area (Å²) in [5.74, 6) is 0.800. The molecule has 3 rings (SSSR count). The van der Waals surface area contributed by atoms with E-state index >= 15 is 0 Å². The molecule has 0 fully saturated rings. The normalized spacial score (nSPS) is 18.8. The fourth-order valence-electron chi connectivity index (χ4n) is 2.23. The topological polar surface area (TPSA) is 37.8 Å². The number of nitrogens with one attached hydrogen (secondary N) is 1. The van der Waals surface area contributed by atoms with Gasteiger partial charge in [0.15, 0.2) is 0 Å². The van der Waals surface area contributed by atoms with Crippen LogP contribution in [0.15, 0.2) is 23.7 Å². The van der Waals surface area contributed by atoms with Gasteiger partial charge in [-0.1, -0.05) is 0 Å². The van der Waals surface area contributed by atoms with Crippen LogP contribution in [0.1, 0.15) is 29.3 Å². The van der Waals surface area contributed by atoms with Gasteiger partial charge in [-0.05, 0) is 53.9 Å². The minimum absolute atomic E-state index is 0.288. The molecule has 5 heteroatoms. The summed E-state index contributed by atoms with van der Waals surface area (Å²) < 4.78 is 0. The Balaban J connectivity index is 1.84. The number of halogens is 1. The second-order valence-corrected chi connectivity index (χ2v) is 5.44. The van der Waals surface area contributed by atoms with Gasteiger partial charge >= 0.3 is 0 Å². The first kappa shape index (κ1) is 11.0. The lowest BCUT2D eigenvalue weighted by molar-refractivity contribution is 0.607. The maximum absolute atomic E-state index is 5.78. The maximum atomic E-state index is 5.78. The van der Waals surface area contributed by atoms with E-state index in [4.69, 9.17) is 11.6 Å². The van der Waals surface area contributed by atoms with Crippen LogP contribution in [-0.4, -0.2) is 9.97 Å². The Morgan fingerprint density at radius 2 is 2.35 bits per heavy atom. The molecule has 2 aromatic heterocycles. The van der Waals surface area contributed by atoms with Crippen LogP contribution >= 0.6 is 22.9 Å². The van der Waals surface area contributed by atoms with Gasteiger partial charge < -0.3 is 5.32 Å². The molecule has 2 aromatic rings. The van der Waals surface area contributed by atoms with Crippen molar-refractivity contribution in [1.82, 2.24) is 9.97 Å². The van der Waals surface area contributed by atoms with Gasteiger partial charge in [0.1, 0.15) is 5.82 Å². The molecule has 2 heterocycles. The summed E-state index contributed by atoms with van der Waals surface area (Å²) >= 11 is 7.63. The zero-order chi connectivity index (χ0) is 11.7. The number of anilines is 1. The number of aryl methyl sites for hydroxylation is 1. The Morgan fingerprint density at radius 1 is 1.41 bits per heavy atom. The highest BCUT2D eigenvalue weighted by molar-refractivity contribution is 7.10. The highest BCUT2D eigenvalue weighted by Gasteiger charge is 2.21. The van der Waals surface area contributed by atoms with Crippen LogP contribution in [-0.2, 0) is 6.42 Å². The van der Waals surface area contributed by atoms with Gasteiger partial charge in [0.2, 0.25) is 5.28 Å². The molecule has 0 amide bonds. The first-order chi connectivity index (χ1) is 8.33. The molecule has 3 nitrogen and oxygen atoms in total. The van der Waals surface area contributed by atoms with E-state index in [0.29, 0.717) is 6.04 Å². The summed E-state index contributed by atoms with van der Waals surface area (Å²) in [6.45, 7) is 0. The molecule has 17 heavy (non-hydrogen) atoms. The number of thiophene rings is 1. The third kappa shape index (κ3) is 2.28. The van der Waals surface area contributed by atoms with Crippen molar-refractivity contribution in [2.75, 3.05) is 5.32 Å². The summed E-state index contributed by atoms with van der Waals surface area (Å²) in [7, 11) is 0. The molecular formula is C12H12ClN3S. The van der Waals surface area contributed by atoms with Crippen molar-refractivity contribution in [3.8, 4) is 0 Å². The zero-order valence-corrected chi connectivity index (χ0v) is 10.8. The summed E-state index contributed by atoms with van der Waals surface area (Å²) in [5, 5.41) is 5.89. The molecule has 0 saturated carbocycles.